The predicted molar refractivity (Wildman–Crippen MR) is 137 cm³/mol. The molecule has 0 spiro atoms. The van der Waals surface area contributed by atoms with Crippen molar-refractivity contribution < 1.29 is 14.3 Å². The topological polar surface area (TPSA) is 83.2 Å². The maximum atomic E-state index is 12.8. The fourth-order valence-electron chi connectivity index (χ4n) is 4.16. The third kappa shape index (κ3) is 4.64. The normalized spacial score (nSPS) is 12.5. The van der Waals surface area contributed by atoms with Gasteiger partial charge < -0.3 is 19.4 Å². The summed E-state index contributed by atoms with van der Waals surface area (Å²) in [6.45, 7) is 7.77. The van der Waals surface area contributed by atoms with Crippen LogP contribution < -0.4 is 14.8 Å². The Labute approximate surface area is 208 Å². The van der Waals surface area contributed by atoms with Crippen molar-refractivity contribution in [1.82, 2.24) is 19.3 Å². The van der Waals surface area contributed by atoms with Crippen molar-refractivity contribution >= 4 is 23.4 Å². The number of aromatic nitrogens is 4. The van der Waals surface area contributed by atoms with Crippen molar-refractivity contribution in [3.8, 4) is 28.4 Å². The fourth-order valence-corrected chi connectivity index (χ4v) is 5.01. The van der Waals surface area contributed by atoms with Crippen molar-refractivity contribution in [3.05, 3.63) is 66.1 Å². The lowest BCUT2D eigenvalue weighted by molar-refractivity contribution is -0.113. The van der Waals surface area contributed by atoms with Gasteiger partial charge in [0.15, 0.2) is 16.7 Å². The van der Waals surface area contributed by atoms with Gasteiger partial charge in [-0.15, -0.1) is 0 Å². The highest BCUT2D eigenvalue weighted by Gasteiger charge is 2.19. The number of thioether (sulfide) groups is 1. The molecule has 1 aliphatic rings. The Hall–Kier alpha value is -3.72. The molecule has 5 rings (SSSR count). The number of hydrogen-bond donors (Lipinski definition) is 1. The molecule has 180 valence electrons. The van der Waals surface area contributed by atoms with Gasteiger partial charge >= 0.3 is 0 Å². The van der Waals surface area contributed by atoms with Crippen LogP contribution >= 0.6 is 11.8 Å². The number of aryl methyl sites for hydroxylation is 1. The molecule has 2 aromatic heterocycles. The number of benzene rings is 2. The molecule has 2 aromatic carbocycles. The third-order valence-electron chi connectivity index (χ3n) is 5.86. The Balaban J connectivity index is 1.29. The largest absolute Gasteiger partial charge is 0.486 e. The summed E-state index contributed by atoms with van der Waals surface area (Å²) in [5.74, 6) is 1.65. The van der Waals surface area contributed by atoms with E-state index in [4.69, 9.17) is 9.47 Å². The zero-order chi connectivity index (χ0) is 24.4. The van der Waals surface area contributed by atoms with E-state index in [2.05, 4.69) is 26.9 Å². The lowest BCUT2D eigenvalue weighted by Crippen LogP contribution is -2.16. The van der Waals surface area contributed by atoms with Gasteiger partial charge in [-0.25, -0.2) is 9.67 Å². The highest BCUT2D eigenvalue weighted by Crippen LogP contribution is 2.35. The van der Waals surface area contributed by atoms with Gasteiger partial charge in [0.2, 0.25) is 5.91 Å². The van der Waals surface area contributed by atoms with Crippen molar-refractivity contribution in [2.75, 3.05) is 24.3 Å². The maximum Gasteiger partial charge on any atom is 0.234 e. The van der Waals surface area contributed by atoms with Crippen LogP contribution in [0.15, 0.2) is 59.9 Å². The van der Waals surface area contributed by atoms with E-state index in [1.54, 1.807) is 0 Å². The molecule has 0 bridgehead atoms. The monoisotopic (exact) mass is 489 g/mol. The molecule has 3 heterocycles. The molecule has 0 atom stereocenters. The first kappa shape index (κ1) is 23.0. The quantitative estimate of drug-likeness (QED) is 0.373. The standard InChI is InChI=1S/C26H27N5O3S/c1-4-30-21(19-10-11-22-23(14-19)34-13-12-33-22)15-27-26(30)35-16-24(32)28-25-17(2)29-31(18(25)3)20-8-6-5-7-9-20/h5-11,14-15H,4,12-13,16H2,1-3H3,(H,28,32). The first-order chi connectivity index (χ1) is 17.0. The summed E-state index contributed by atoms with van der Waals surface area (Å²) < 4.78 is 15.3. The third-order valence-corrected chi connectivity index (χ3v) is 6.85. The number of fused-ring (bicyclic) bond motifs is 1. The van der Waals surface area contributed by atoms with Crippen LogP contribution in [0.25, 0.3) is 16.9 Å². The molecule has 0 aliphatic carbocycles. The summed E-state index contributed by atoms with van der Waals surface area (Å²) in [4.78, 5) is 17.4. The molecule has 0 radical (unpaired) electrons. The Morgan fingerprint density at radius 3 is 2.63 bits per heavy atom. The lowest BCUT2D eigenvalue weighted by Gasteiger charge is -2.19. The number of amides is 1. The summed E-state index contributed by atoms with van der Waals surface area (Å²) in [6, 6.07) is 15.8. The Kier molecular flexibility index (Phi) is 6.50. The molecule has 35 heavy (non-hydrogen) atoms. The first-order valence-corrected chi connectivity index (χ1v) is 12.5. The molecular weight excluding hydrogens is 462 g/mol. The minimum Gasteiger partial charge on any atom is -0.486 e. The zero-order valence-electron chi connectivity index (χ0n) is 19.9. The molecule has 1 amide bonds. The number of carbonyl (C=O) groups is 1. The van der Waals surface area contributed by atoms with Crippen LogP contribution in [0, 0.1) is 13.8 Å². The number of rotatable bonds is 7. The minimum absolute atomic E-state index is 0.0969. The first-order valence-electron chi connectivity index (χ1n) is 11.5. The summed E-state index contributed by atoms with van der Waals surface area (Å²) in [5, 5.41) is 8.44. The van der Waals surface area contributed by atoms with Gasteiger partial charge in [-0.2, -0.15) is 5.10 Å². The number of anilines is 1. The lowest BCUT2D eigenvalue weighted by atomic mass is 10.1. The summed E-state index contributed by atoms with van der Waals surface area (Å²) in [6.07, 6.45) is 1.84. The van der Waals surface area contributed by atoms with Crippen molar-refractivity contribution in [2.45, 2.75) is 32.5 Å². The Morgan fingerprint density at radius 1 is 1.09 bits per heavy atom. The highest BCUT2D eigenvalue weighted by molar-refractivity contribution is 7.99. The van der Waals surface area contributed by atoms with E-state index in [1.165, 1.54) is 11.8 Å². The smallest absolute Gasteiger partial charge is 0.234 e. The van der Waals surface area contributed by atoms with Crippen LogP contribution in [0.1, 0.15) is 18.3 Å². The van der Waals surface area contributed by atoms with Crippen molar-refractivity contribution in [3.63, 3.8) is 0 Å². The number of imidazole rings is 1. The van der Waals surface area contributed by atoms with Crippen LogP contribution in [-0.4, -0.2) is 44.2 Å². The number of carbonyl (C=O) groups excluding carboxylic acids is 1. The van der Waals surface area contributed by atoms with E-state index >= 15 is 0 Å². The molecule has 9 heteroatoms. The van der Waals surface area contributed by atoms with Gasteiger partial charge in [0.25, 0.3) is 0 Å². The highest BCUT2D eigenvalue weighted by atomic mass is 32.2. The Bertz CT molecular complexity index is 1360. The average Bonchev–Trinajstić information content (AvgIpc) is 3.43. The molecule has 0 unspecified atom stereocenters. The van der Waals surface area contributed by atoms with E-state index in [-0.39, 0.29) is 11.7 Å². The van der Waals surface area contributed by atoms with Crippen molar-refractivity contribution in [2.24, 2.45) is 0 Å². The Morgan fingerprint density at radius 2 is 1.86 bits per heavy atom. The van der Waals surface area contributed by atoms with Gasteiger partial charge in [0.1, 0.15) is 13.2 Å². The summed E-state index contributed by atoms with van der Waals surface area (Å²) >= 11 is 1.41. The number of hydrogen-bond acceptors (Lipinski definition) is 6. The summed E-state index contributed by atoms with van der Waals surface area (Å²) in [5.41, 5.74) is 5.35. The van der Waals surface area contributed by atoms with Gasteiger partial charge in [-0.3, -0.25) is 4.79 Å². The van der Waals surface area contributed by atoms with Crippen LogP contribution in [0.3, 0.4) is 0 Å². The van der Waals surface area contributed by atoms with Gasteiger partial charge in [0.05, 0.1) is 40.4 Å². The van der Waals surface area contributed by atoms with Crippen LogP contribution in [0.2, 0.25) is 0 Å². The average molecular weight is 490 g/mol. The maximum absolute atomic E-state index is 12.8. The molecular formula is C26H27N5O3S. The fraction of sp³-hybridized carbons (Fsp3) is 0.269. The van der Waals surface area contributed by atoms with E-state index in [1.807, 2.05) is 73.3 Å². The molecule has 0 saturated carbocycles. The second-order valence-corrected chi connectivity index (χ2v) is 9.10. The van der Waals surface area contributed by atoms with Crippen LogP contribution in [-0.2, 0) is 11.3 Å². The second kappa shape index (κ2) is 9.87. The van der Waals surface area contributed by atoms with E-state index in [0.717, 1.165) is 57.2 Å². The van der Waals surface area contributed by atoms with Gasteiger partial charge in [0, 0.05) is 12.1 Å². The van der Waals surface area contributed by atoms with E-state index in [0.29, 0.717) is 13.2 Å². The predicted octanol–water partition coefficient (Wildman–Crippen LogP) is 4.87. The van der Waals surface area contributed by atoms with Gasteiger partial charge in [-0.05, 0) is 51.1 Å². The zero-order valence-corrected chi connectivity index (χ0v) is 20.8. The minimum atomic E-state index is -0.0969. The molecule has 4 aromatic rings. The number of ether oxygens (including phenoxy) is 2. The van der Waals surface area contributed by atoms with Crippen LogP contribution in [0.4, 0.5) is 5.69 Å². The van der Waals surface area contributed by atoms with E-state index in [9.17, 15) is 4.79 Å². The number of para-hydroxylation sites is 1. The molecule has 1 aliphatic heterocycles. The second-order valence-electron chi connectivity index (χ2n) is 8.16. The molecule has 0 fully saturated rings. The number of nitrogens with zero attached hydrogens (tertiary/aromatic N) is 4. The van der Waals surface area contributed by atoms with Gasteiger partial charge in [-0.1, -0.05) is 30.0 Å². The molecule has 1 N–H and O–H groups in total. The SMILES string of the molecule is CCn1c(-c2ccc3c(c2)OCCO3)cnc1SCC(=O)Nc1c(C)nn(-c2ccccc2)c1C. The van der Waals surface area contributed by atoms with E-state index < -0.39 is 0 Å². The summed E-state index contributed by atoms with van der Waals surface area (Å²) in [7, 11) is 0. The molecule has 0 saturated heterocycles. The van der Waals surface area contributed by atoms with Crippen LogP contribution in [0.5, 0.6) is 11.5 Å². The number of nitrogens with one attached hydrogen (secondary N) is 1. The van der Waals surface area contributed by atoms with Crippen molar-refractivity contribution in [1.29, 1.82) is 0 Å². The molecule has 8 nitrogen and oxygen atoms in total.